The SMILES string of the molecule is Nc1c(Cl)cc(O[P+](=O)Oc2cc(Cl)c(N)c3ccccc23)c2ccccc12. The van der Waals surface area contributed by atoms with Gasteiger partial charge in [-0.3, -0.25) is 0 Å². The van der Waals surface area contributed by atoms with Crippen LogP contribution in [0.1, 0.15) is 0 Å². The maximum atomic E-state index is 12.6. The lowest BCUT2D eigenvalue weighted by Crippen LogP contribution is -1.95. The van der Waals surface area contributed by atoms with Gasteiger partial charge < -0.3 is 11.5 Å². The van der Waals surface area contributed by atoms with E-state index in [2.05, 4.69) is 0 Å². The molecular weight excluding hydrogens is 418 g/mol. The third-order valence-corrected chi connectivity index (χ3v) is 5.66. The first-order valence-corrected chi connectivity index (χ1v) is 10.1. The van der Waals surface area contributed by atoms with Crippen molar-refractivity contribution in [1.29, 1.82) is 0 Å². The average molecular weight is 432 g/mol. The van der Waals surface area contributed by atoms with Crippen molar-refractivity contribution in [1.82, 2.24) is 0 Å². The summed E-state index contributed by atoms with van der Waals surface area (Å²) < 4.78 is 23.7. The van der Waals surface area contributed by atoms with Gasteiger partial charge in [-0.05, 0) is 0 Å². The van der Waals surface area contributed by atoms with Crippen molar-refractivity contribution in [2.45, 2.75) is 0 Å². The third-order valence-electron chi connectivity index (χ3n) is 4.34. The number of nitrogen functional groups attached to an aromatic ring is 2. The van der Waals surface area contributed by atoms with Crippen LogP contribution < -0.4 is 20.5 Å². The number of halogens is 2. The molecular formula is C20H14Cl2N2O3P+. The van der Waals surface area contributed by atoms with Crippen molar-refractivity contribution < 1.29 is 13.6 Å². The molecule has 0 saturated heterocycles. The topological polar surface area (TPSA) is 87.6 Å². The number of hydrogen-bond acceptors (Lipinski definition) is 5. The standard InChI is InChI=1S/C20H14Cl2N2O3P/c21-15-9-17(11-5-1-3-7-13(11)19(15)23)26-28(25)27-18-10-16(22)20(24)14-8-4-2-6-12(14)18/h1-10H,23-24H2/q+1. The molecule has 0 atom stereocenters. The lowest BCUT2D eigenvalue weighted by atomic mass is 10.1. The second kappa shape index (κ2) is 7.36. The summed E-state index contributed by atoms with van der Waals surface area (Å²) in [6.45, 7) is 0. The van der Waals surface area contributed by atoms with Gasteiger partial charge in [0.05, 0.1) is 21.4 Å². The Morgan fingerprint density at radius 2 is 1.04 bits per heavy atom. The monoisotopic (exact) mass is 431 g/mol. The van der Waals surface area contributed by atoms with Gasteiger partial charge in [0.15, 0.2) is 11.5 Å². The molecule has 0 aliphatic heterocycles. The second-order valence-electron chi connectivity index (χ2n) is 6.04. The molecule has 140 valence electrons. The Labute approximate surface area is 171 Å². The first-order valence-electron chi connectivity index (χ1n) is 8.22. The number of anilines is 2. The van der Waals surface area contributed by atoms with E-state index in [0.29, 0.717) is 54.5 Å². The van der Waals surface area contributed by atoms with E-state index in [1.54, 1.807) is 12.1 Å². The van der Waals surface area contributed by atoms with Crippen LogP contribution in [-0.4, -0.2) is 0 Å². The van der Waals surface area contributed by atoms with Crippen molar-refractivity contribution in [2.75, 3.05) is 11.5 Å². The van der Waals surface area contributed by atoms with Crippen LogP contribution in [0.3, 0.4) is 0 Å². The van der Waals surface area contributed by atoms with E-state index < -0.39 is 8.25 Å². The highest BCUT2D eigenvalue weighted by Crippen LogP contribution is 2.43. The molecule has 4 rings (SSSR count). The molecule has 4 aromatic carbocycles. The molecule has 5 nitrogen and oxygen atoms in total. The predicted octanol–water partition coefficient (Wildman–Crippen LogP) is 6.58. The van der Waals surface area contributed by atoms with E-state index in [0.717, 1.165) is 0 Å². The summed E-state index contributed by atoms with van der Waals surface area (Å²) in [5.41, 5.74) is 12.9. The number of fused-ring (bicyclic) bond motifs is 2. The largest absolute Gasteiger partial charge is 0.805 e. The normalized spacial score (nSPS) is 10.9. The summed E-state index contributed by atoms with van der Waals surface area (Å²) in [4.78, 5) is 0. The van der Waals surface area contributed by atoms with Gasteiger partial charge >= 0.3 is 8.25 Å². The zero-order chi connectivity index (χ0) is 19.8. The molecule has 0 saturated carbocycles. The Hall–Kier alpha value is -2.72. The number of nitrogens with two attached hydrogens (primary N) is 2. The Kier molecular flexibility index (Phi) is 4.90. The summed E-state index contributed by atoms with van der Waals surface area (Å²) in [6.07, 6.45) is 0. The molecule has 0 unspecified atom stereocenters. The Bertz CT molecular complexity index is 1150. The summed E-state index contributed by atoms with van der Waals surface area (Å²) in [6, 6.07) is 17.6. The number of rotatable bonds is 4. The zero-order valence-electron chi connectivity index (χ0n) is 14.4. The Balaban J connectivity index is 1.70. The second-order valence-corrected chi connectivity index (χ2v) is 7.66. The fourth-order valence-electron chi connectivity index (χ4n) is 2.99. The molecule has 0 spiro atoms. The first kappa shape index (κ1) is 18.6. The van der Waals surface area contributed by atoms with Crippen molar-refractivity contribution >= 4 is 64.4 Å². The molecule has 8 heteroatoms. The van der Waals surface area contributed by atoms with Crippen LogP contribution in [0.25, 0.3) is 21.5 Å². The molecule has 0 radical (unpaired) electrons. The molecule has 0 aromatic heterocycles. The zero-order valence-corrected chi connectivity index (χ0v) is 16.8. The van der Waals surface area contributed by atoms with Crippen LogP contribution >= 0.6 is 31.5 Å². The lowest BCUT2D eigenvalue weighted by Gasteiger charge is -2.08. The van der Waals surface area contributed by atoms with E-state index in [-0.39, 0.29) is 0 Å². The van der Waals surface area contributed by atoms with Crippen LogP contribution in [0, 0.1) is 0 Å². The van der Waals surface area contributed by atoms with Crippen molar-refractivity contribution in [2.24, 2.45) is 0 Å². The van der Waals surface area contributed by atoms with Crippen molar-refractivity contribution in [3.63, 3.8) is 0 Å². The molecule has 0 heterocycles. The summed E-state index contributed by atoms with van der Waals surface area (Å²) in [5.74, 6) is 0.614. The van der Waals surface area contributed by atoms with Crippen LogP contribution in [0.5, 0.6) is 11.5 Å². The molecule has 0 fully saturated rings. The molecule has 4 aromatic rings. The average Bonchev–Trinajstić information content (AvgIpc) is 2.70. The summed E-state index contributed by atoms with van der Waals surface area (Å²) in [7, 11) is -2.57. The summed E-state index contributed by atoms with van der Waals surface area (Å²) >= 11 is 12.4. The molecule has 0 bridgehead atoms. The van der Waals surface area contributed by atoms with Crippen LogP contribution in [0.15, 0.2) is 60.7 Å². The van der Waals surface area contributed by atoms with Crippen molar-refractivity contribution in [3.8, 4) is 11.5 Å². The maximum Gasteiger partial charge on any atom is 0.805 e. The van der Waals surface area contributed by atoms with Gasteiger partial charge in [0.1, 0.15) is 0 Å². The van der Waals surface area contributed by atoms with Gasteiger partial charge in [-0.15, -0.1) is 0 Å². The van der Waals surface area contributed by atoms with E-state index in [1.165, 1.54) is 12.1 Å². The fourth-order valence-corrected chi connectivity index (χ4v) is 4.06. The fraction of sp³-hybridized carbons (Fsp3) is 0. The van der Waals surface area contributed by atoms with Crippen LogP contribution in [0.4, 0.5) is 11.4 Å². The van der Waals surface area contributed by atoms with E-state index in [4.69, 9.17) is 43.7 Å². The summed E-state index contributed by atoms with van der Waals surface area (Å²) in [5, 5.41) is 3.37. The lowest BCUT2D eigenvalue weighted by molar-refractivity contribution is 0.419. The maximum absolute atomic E-state index is 12.6. The number of hydrogen-bond donors (Lipinski definition) is 2. The molecule has 0 aliphatic carbocycles. The molecule has 28 heavy (non-hydrogen) atoms. The Morgan fingerprint density at radius 3 is 1.43 bits per heavy atom. The predicted molar refractivity (Wildman–Crippen MR) is 116 cm³/mol. The minimum Gasteiger partial charge on any atom is -0.397 e. The van der Waals surface area contributed by atoms with E-state index in [1.807, 2.05) is 36.4 Å². The van der Waals surface area contributed by atoms with Gasteiger partial charge in [-0.2, -0.15) is 0 Å². The molecule has 4 N–H and O–H groups in total. The van der Waals surface area contributed by atoms with Crippen LogP contribution in [-0.2, 0) is 4.57 Å². The smallest absolute Gasteiger partial charge is 0.397 e. The highest BCUT2D eigenvalue weighted by atomic mass is 35.5. The highest BCUT2D eigenvalue weighted by Gasteiger charge is 2.28. The van der Waals surface area contributed by atoms with E-state index in [9.17, 15) is 4.57 Å². The third kappa shape index (κ3) is 3.29. The number of benzene rings is 4. The minimum absolute atomic E-state index is 0.304. The quantitative estimate of drug-likeness (QED) is 0.281. The highest BCUT2D eigenvalue weighted by molar-refractivity contribution is 7.34. The first-order chi connectivity index (χ1) is 13.5. The van der Waals surface area contributed by atoms with Gasteiger partial charge in [-0.1, -0.05) is 71.7 Å². The minimum atomic E-state index is -2.57. The van der Waals surface area contributed by atoms with Gasteiger partial charge in [0.2, 0.25) is 0 Å². The van der Waals surface area contributed by atoms with Gasteiger partial charge in [0.25, 0.3) is 0 Å². The molecule has 0 aliphatic rings. The van der Waals surface area contributed by atoms with Gasteiger partial charge in [-0.25, -0.2) is 9.05 Å². The van der Waals surface area contributed by atoms with Crippen LogP contribution in [0.2, 0.25) is 10.0 Å². The van der Waals surface area contributed by atoms with Crippen molar-refractivity contribution in [3.05, 3.63) is 70.7 Å². The van der Waals surface area contributed by atoms with Gasteiger partial charge in [0, 0.05) is 38.2 Å². The van der Waals surface area contributed by atoms with E-state index >= 15 is 0 Å². The Morgan fingerprint density at radius 1 is 0.679 bits per heavy atom. The molecule has 0 amide bonds.